The minimum absolute atomic E-state index is 0.0121. The summed E-state index contributed by atoms with van der Waals surface area (Å²) in [4.78, 5) is 27.3. The molecule has 0 saturated carbocycles. The highest BCUT2D eigenvalue weighted by Gasteiger charge is 2.38. The van der Waals surface area contributed by atoms with E-state index in [1.807, 2.05) is 19.9 Å². The van der Waals surface area contributed by atoms with E-state index < -0.39 is 5.91 Å². The Kier molecular flexibility index (Phi) is 11.1. The number of hydrogen-bond acceptors (Lipinski definition) is 4. The van der Waals surface area contributed by atoms with E-state index in [2.05, 4.69) is 113 Å². The largest absolute Gasteiger partial charge is 0.365 e. The fourth-order valence-electron chi connectivity index (χ4n) is 5.26. The summed E-state index contributed by atoms with van der Waals surface area (Å²) in [6.45, 7) is 18.6. The van der Waals surface area contributed by atoms with Gasteiger partial charge in [-0.05, 0) is 80.2 Å². The number of rotatable bonds is 9. The first kappa shape index (κ1) is 32.6. The summed E-state index contributed by atoms with van der Waals surface area (Å²) in [5.41, 5.74) is 12.5. The van der Waals surface area contributed by atoms with Crippen molar-refractivity contribution in [3.05, 3.63) is 118 Å². The Morgan fingerprint density at radius 2 is 1.90 bits per heavy atom. The molecule has 1 atom stereocenters. The third-order valence-corrected chi connectivity index (χ3v) is 8.31. The summed E-state index contributed by atoms with van der Waals surface area (Å²) in [6, 6.07) is 9.09. The maximum atomic E-state index is 11.5. The Morgan fingerprint density at radius 3 is 2.43 bits per heavy atom. The molecular formula is C37H44N2O2S. The van der Waals surface area contributed by atoms with Crippen LogP contribution in [0.3, 0.4) is 0 Å². The maximum Gasteiger partial charge on any atom is 0.252 e. The van der Waals surface area contributed by atoms with Crippen LogP contribution in [0.15, 0.2) is 102 Å². The van der Waals surface area contributed by atoms with Gasteiger partial charge in [-0.2, -0.15) is 0 Å². The Balaban J connectivity index is 0.000000730. The molecule has 1 aromatic heterocycles. The number of nitrogens with zero attached hydrogens (tertiary/aromatic N) is 1. The minimum atomic E-state index is -0.707. The van der Waals surface area contributed by atoms with Gasteiger partial charge in [0.1, 0.15) is 0 Å². The smallest absolute Gasteiger partial charge is 0.252 e. The Labute approximate surface area is 256 Å². The van der Waals surface area contributed by atoms with E-state index in [-0.39, 0.29) is 17.0 Å². The monoisotopic (exact) mass is 580 g/mol. The maximum absolute atomic E-state index is 11.5. The van der Waals surface area contributed by atoms with Gasteiger partial charge in [0, 0.05) is 26.6 Å². The zero-order valence-electron chi connectivity index (χ0n) is 26.0. The molecule has 220 valence electrons. The average Bonchev–Trinajstić information content (AvgIpc) is 3.44. The van der Waals surface area contributed by atoms with Crippen LogP contribution in [0, 0.1) is 5.92 Å². The van der Waals surface area contributed by atoms with Gasteiger partial charge in [-0.25, -0.2) is 0 Å². The lowest BCUT2D eigenvalue weighted by Crippen LogP contribution is -2.33. The van der Waals surface area contributed by atoms with Crippen molar-refractivity contribution in [1.82, 2.24) is 0 Å². The molecule has 4 nitrogen and oxygen atoms in total. The van der Waals surface area contributed by atoms with Crippen molar-refractivity contribution < 1.29 is 9.59 Å². The lowest BCUT2D eigenvalue weighted by atomic mass is 9.82. The predicted molar refractivity (Wildman–Crippen MR) is 182 cm³/mol. The predicted octanol–water partition coefficient (Wildman–Crippen LogP) is 9.07. The van der Waals surface area contributed by atoms with E-state index in [1.165, 1.54) is 38.5 Å². The van der Waals surface area contributed by atoms with Crippen LogP contribution in [0.4, 0.5) is 5.69 Å². The van der Waals surface area contributed by atoms with Crippen molar-refractivity contribution in [2.24, 2.45) is 11.7 Å². The molecule has 1 unspecified atom stereocenters. The fraction of sp³-hybridized carbons (Fsp3) is 0.297. The summed E-state index contributed by atoms with van der Waals surface area (Å²) in [5.74, 6) is -0.288. The number of anilines is 1. The topological polar surface area (TPSA) is 63.4 Å². The molecule has 1 amide bonds. The lowest BCUT2D eigenvalue weighted by Gasteiger charge is -2.35. The number of carbonyl (C=O) groups excluding carboxylic acids is 2. The molecular weight excluding hydrogens is 536 g/mol. The number of hydrogen-bond donors (Lipinski definition) is 1. The number of carbonyl (C=O) groups is 2. The first-order valence-corrected chi connectivity index (χ1v) is 15.2. The van der Waals surface area contributed by atoms with Crippen LogP contribution in [0.2, 0.25) is 0 Å². The van der Waals surface area contributed by atoms with Crippen LogP contribution in [0.1, 0.15) is 70.9 Å². The normalized spacial score (nSPS) is 16.9. The third kappa shape index (κ3) is 7.46. The van der Waals surface area contributed by atoms with Crippen molar-refractivity contribution in [2.45, 2.75) is 66.3 Å². The van der Waals surface area contributed by atoms with Crippen LogP contribution in [-0.2, 0) is 15.0 Å². The standard InChI is InChI=1S/C31H34N2O2S.C6H10/c1-6-10-23(15-20(2)3)33(22-11-8-7-9-12-22)24-13-14-26-27(17-24)31(4,5)28-18-25(36-29(26)28)16-21(19-34)30(32)35;1-4-5-6(2)3/h6-11,13-20,22H,12H2,1-5H3,(H2,32,35);4-5H,1H2,2-3H3/b10-6-,21-16+,23-15+;. The molecule has 1 aromatic carbocycles. The first-order valence-electron chi connectivity index (χ1n) is 14.4. The molecule has 0 radical (unpaired) electrons. The number of nitrogens with two attached hydrogens (primary N) is 1. The highest BCUT2D eigenvalue weighted by molar-refractivity contribution is 7.16. The van der Waals surface area contributed by atoms with E-state index in [0.29, 0.717) is 12.2 Å². The molecule has 2 aromatic rings. The van der Waals surface area contributed by atoms with Gasteiger partial charge in [0.15, 0.2) is 6.29 Å². The SMILES string of the molecule is C/C=C\C(=C/C(C)C)N(c1ccc2c(c1)C(C)(C)c1cc(/C=C(\C=O)C(N)=O)sc1-2)C1C=CC=CC1.C=CC=C(C)C. The molecule has 2 N–H and O–H groups in total. The molecule has 5 heteroatoms. The van der Waals surface area contributed by atoms with Gasteiger partial charge in [-0.1, -0.05) is 94.5 Å². The molecule has 0 spiro atoms. The summed E-state index contributed by atoms with van der Waals surface area (Å²) in [6.07, 6.45) is 22.2. The fourth-order valence-corrected chi connectivity index (χ4v) is 6.57. The molecule has 0 bridgehead atoms. The van der Waals surface area contributed by atoms with Gasteiger partial charge in [-0.3, -0.25) is 9.59 Å². The number of allylic oxidation sites excluding steroid dienone is 8. The Hall–Kier alpha value is -3.96. The van der Waals surface area contributed by atoms with Crippen molar-refractivity contribution >= 4 is 35.3 Å². The summed E-state index contributed by atoms with van der Waals surface area (Å²) in [5, 5.41) is 0. The lowest BCUT2D eigenvalue weighted by molar-refractivity contribution is -0.116. The number of amides is 1. The molecule has 0 fully saturated rings. The van der Waals surface area contributed by atoms with Gasteiger partial charge in [-0.15, -0.1) is 11.3 Å². The second-order valence-electron chi connectivity index (χ2n) is 11.6. The van der Waals surface area contributed by atoms with Crippen LogP contribution < -0.4 is 10.6 Å². The van der Waals surface area contributed by atoms with E-state index in [9.17, 15) is 9.59 Å². The van der Waals surface area contributed by atoms with Gasteiger partial charge in [0.05, 0.1) is 11.6 Å². The summed E-state index contributed by atoms with van der Waals surface area (Å²) >= 11 is 1.59. The van der Waals surface area contributed by atoms with Crippen LogP contribution in [-0.4, -0.2) is 18.2 Å². The molecule has 0 saturated heterocycles. The van der Waals surface area contributed by atoms with E-state index >= 15 is 0 Å². The van der Waals surface area contributed by atoms with Crippen LogP contribution in [0.25, 0.3) is 16.5 Å². The number of benzene rings is 1. The molecule has 0 aliphatic heterocycles. The second-order valence-corrected chi connectivity index (χ2v) is 12.7. The first-order chi connectivity index (χ1) is 19.9. The minimum Gasteiger partial charge on any atom is -0.365 e. The Bertz CT molecular complexity index is 1500. The second kappa shape index (κ2) is 14.3. The summed E-state index contributed by atoms with van der Waals surface area (Å²) in [7, 11) is 0. The van der Waals surface area contributed by atoms with Crippen molar-refractivity contribution in [2.75, 3.05) is 4.90 Å². The molecule has 4 rings (SSSR count). The highest BCUT2D eigenvalue weighted by Crippen LogP contribution is 2.53. The number of thiophene rings is 1. The van der Waals surface area contributed by atoms with Crippen molar-refractivity contribution in [3.8, 4) is 10.4 Å². The molecule has 42 heavy (non-hydrogen) atoms. The van der Waals surface area contributed by atoms with Crippen molar-refractivity contribution in [3.63, 3.8) is 0 Å². The zero-order chi connectivity index (χ0) is 31.0. The van der Waals surface area contributed by atoms with Crippen molar-refractivity contribution in [1.29, 1.82) is 0 Å². The Morgan fingerprint density at radius 1 is 1.17 bits per heavy atom. The zero-order valence-corrected chi connectivity index (χ0v) is 26.8. The van der Waals surface area contributed by atoms with Gasteiger partial charge < -0.3 is 10.6 Å². The van der Waals surface area contributed by atoms with Gasteiger partial charge in [0.2, 0.25) is 0 Å². The number of primary amides is 1. The molecule has 1 heterocycles. The number of aldehydes is 1. The van der Waals surface area contributed by atoms with Crippen LogP contribution in [0.5, 0.6) is 0 Å². The van der Waals surface area contributed by atoms with Gasteiger partial charge in [0.25, 0.3) is 5.91 Å². The van der Waals surface area contributed by atoms with Crippen LogP contribution >= 0.6 is 11.3 Å². The van der Waals surface area contributed by atoms with E-state index in [1.54, 1.807) is 23.5 Å². The quantitative estimate of drug-likeness (QED) is 0.106. The number of fused-ring (bicyclic) bond motifs is 3. The van der Waals surface area contributed by atoms with E-state index in [0.717, 1.165) is 11.3 Å². The van der Waals surface area contributed by atoms with Gasteiger partial charge >= 0.3 is 0 Å². The third-order valence-electron chi connectivity index (χ3n) is 7.19. The molecule has 2 aliphatic carbocycles. The van der Waals surface area contributed by atoms with E-state index in [4.69, 9.17) is 5.73 Å². The average molecular weight is 581 g/mol. The molecule has 2 aliphatic rings. The highest BCUT2D eigenvalue weighted by atomic mass is 32.1. The summed E-state index contributed by atoms with van der Waals surface area (Å²) < 4.78 is 0.